The number of carbonyl (C=O) groups is 1. The topological polar surface area (TPSA) is 102 Å². The second-order valence-electron chi connectivity index (χ2n) is 1.73. The first-order valence-electron chi connectivity index (χ1n) is 2.48. The van der Waals surface area contributed by atoms with Gasteiger partial charge >= 0.3 is 5.97 Å². The fourth-order valence-corrected chi connectivity index (χ4v) is 0.548. The molecular weight excluding hydrogens is 136 g/mol. The van der Waals surface area contributed by atoms with Crippen LogP contribution in [0.5, 0.6) is 0 Å². The van der Waals surface area contributed by atoms with E-state index >= 15 is 0 Å². The number of hydrogen-bond donors (Lipinski definition) is 3. The Morgan fingerprint density at radius 1 is 1.60 bits per heavy atom. The van der Waals surface area contributed by atoms with Crippen molar-refractivity contribution in [3.8, 4) is 0 Å². The first kappa shape index (κ1) is 6.47. The average Bonchev–Trinajstić information content (AvgIpc) is 2.14. The Bertz CT molecular complexity index is 266. The van der Waals surface area contributed by atoms with E-state index in [0.717, 1.165) is 6.26 Å². The fraction of sp³-hybridized carbons (Fsp3) is 0. The van der Waals surface area contributed by atoms with E-state index in [1.54, 1.807) is 0 Å². The zero-order valence-corrected chi connectivity index (χ0v) is 5.00. The predicted molar refractivity (Wildman–Crippen MR) is 34.5 cm³/mol. The number of carboxylic acid groups (broad SMARTS) is 1. The third-order valence-corrected chi connectivity index (χ3v) is 1.09. The molecule has 5 nitrogen and oxygen atoms in total. The van der Waals surface area contributed by atoms with Crippen LogP contribution < -0.4 is 11.5 Å². The van der Waals surface area contributed by atoms with Crippen molar-refractivity contribution in [1.82, 2.24) is 0 Å². The summed E-state index contributed by atoms with van der Waals surface area (Å²) in [5, 5.41) is 8.38. The molecule has 0 saturated heterocycles. The molecule has 1 rings (SSSR count). The van der Waals surface area contributed by atoms with E-state index in [2.05, 4.69) is 4.42 Å². The lowest BCUT2D eigenvalue weighted by atomic mass is 10.3. The Morgan fingerprint density at radius 2 is 2.20 bits per heavy atom. The number of anilines is 2. The molecule has 1 aromatic heterocycles. The molecule has 0 spiro atoms. The lowest BCUT2D eigenvalue weighted by molar-refractivity contribution is 0.0697. The molecule has 0 fully saturated rings. The van der Waals surface area contributed by atoms with Gasteiger partial charge in [0.2, 0.25) is 5.88 Å². The van der Waals surface area contributed by atoms with Gasteiger partial charge in [0, 0.05) is 0 Å². The lowest BCUT2D eigenvalue weighted by Gasteiger charge is -1.87. The number of nitrogen functional groups attached to an aromatic ring is 2. The molecule has 0 aliphatic heterocycles. The fourth-order valence-electron chi connectivity index (χ4n) is 0.548. The number of rotatable bonds is 1. The van der Waals surface area contributed by atoms with Crippen LogP contribution in [0.4, 0.5) is 11.6 Å². The summed E-state index contributed by atoms with van der Waals surface area (Å²) in [6, 6.07) is 0. The second kappa shape index (κ2) is 1.94. The quantitative estimate of drug-likeness (QED) is 0.517. The summed E-state index contributed by atoms with van der Waals surface area (Å²) in [4.78, 5) is 10.2. The van der Waals surface area contributed by atoms with E-state index in [9.17, 15) is 4.79 Å². The van der Waals surface area contributed by atoms with Crippen molar-refractivity contribution in [1.29, 1.82) is 0 Å². The van der Waals surface area contributed by atoms with Crippen molar-refractivity contribution in [3.63, 3.8) is 0 Å². The SMILES string of the molecule is Nc1occ(C(=O)O)c1N. The molecule has 0 radical (unpaired) electrons. The van der Waals surface area contributed by atoms with E-state index in [1.807, 2.05) is 0 Å². The Hall–Kier alpha value is -1.65. The first-order chi connectivity index (χ1) is 4.63. The van der Waals surface area contributed by atoms with Crippen LogP contribution in [0.1, 0.15) is 10.4 Å². The van der Waals surface area contributed by atoms with E-state index in [-0.39, 0.29) is 17.1 Å². The molecule has 0 saturated carbocycles. The molecule has 0 bridgehead atoms. The normalized spacial score (nSPS) is 9.60. The highest BCUT2D eigenvalue weighted by molar-refractivity contribution is 5.95. The second-order valence-corrected chi connectivity index (χ2v) is 1.73. The van der Waals surface area contributed by atoms with Gasteiger partial charge in [-0.25, -0.2) is 4.79 Å². The lowest BCUT2D eigenvalue weighted by Crippen LogP contribution is -1.99. The predicted octanol–water partition coefficient (Wildman–Crippen LogP) is 0.142. The Kier molecular flexibility index (Phi) is 1.26. The molecular formula is C5H6N2O3. The van der Waals surface area contributed by atoms with Crippen molar-refractivity contribution in [3.05, 3.63) is 11.8 Å². The van der Waals surface area contributed by atoms with Gasteiger partial charge in [0.25, 0.3) is 0 Å². The summed E-state index contributed by atoms with van der Waals surface area (Å²) < 4.78 is 4.53. The smallest absolute Gasteiger partial charge is 0.341 e. The van der Waals surface area contributed by atoms with Crippen LogP contribution >= 0.6 is 0 Å². The minimum Gasteiger partial charge on any atom is -0.477 e. The highest BCUT2D eigenvalue weighted by atomic mass is 16.4. The molecule has 0 aromatic carbocycles. The Balaban J connectivity index is 3.17. The molecule has 1 heterocycles. The van der Waals surface area contributed by atoms with Crippen molar-refractivity contribution in [2.45, 2.75) is 0 Å². The third kappa shape index (κ3) is 0.771. The first-order valence-corrected chi connectivity index (χ1v) is 2.48. The van der Waals surface area contributed by atoms with Gasteiger partial charge in [0.15, 0.2) is 0 Å². The van der Waals surface area contributed by atoms with Crippen LogP contribution in [0.2, 0.25) is 0 Å². The summed E-state index contributed by atoms with van der Waals surface area (Å²) in [5.41, 5.74) is 10.2. The summed E-state index contributed by atoms with van der Waals surface area (Å²) in [5.74, 6) is -1.20. The van der Waals surface area contributed by atoms with Gasteiger partial charge in [-0.15, -0.1) is 0 Å². The standard InChI is InChI=1S/C5H6N2O3/c6-3-2(5(8)9)1-10-4(3)7/h1H,6-7H2,(H,8,9). The maximum Gasteiger partial charge on any atom is 0.341 e. The molecule has 1 aromatic rings. The largest absolute Gasteiger partial charge is 0.477 e. The van der Waals surface area contributed by atoms with Crippen molar-refractivity contribution in [2.75, 3.05) is 11.5 Å². The highest BCUT2D eigenvalue weighted by Crippen LogP contribution is 2.21. The van der Waals surface area contributed by atoms with E-state index in [4.69, 9.17) is 16.6 Å². The Labute approximate surface area is 56.2 Å². The Morgan fingerprint density at radius 3 is 2.40 bits per heavy atom. The van der Waals surface area contributed by atoms with Crippen molar-refractivity contribution >= 4 is 17.5 Å². The number of carboxylic acids is 1. The van der Waals surface area contributed by atoms with Crippen LogP contribution in [0, 0.1) is 0 Å². The van der Waals surface area contributed by atoms with Crippen LogP contribution in [-0.2, 0) is 0 Å². The maximum atomic E-state index is 10.2. The van der Waals surface area contributed by atoms with Crippen LogP contribution in [0.3, 0.4) is 0 Å². The summed E-state index contributed by atoms with van der Waals surface area (Å²) in [6.07, 6.45) is 1.01. The summed E-state index contributed by atoms with van der Waals surface area (Å²) >= 11 is 0. The number of aromatic carboxylic acids is 1. The van der Waals surface area contributed by atoms with Gasteiger partial charge in [0.1, 0.15) is 17.5 Å². The molecule has 54 valence electrons. The average molecular weight is 142 g/mol. The third-order valence-electron chi connectivity index (χ3n) is 1.09. The van der Waals surface area contributed by atoms with Crippen LogP contribution in [0.25, 0.3) is 0 Å². The number of furan rings is 1. The monoisotopic (exact) mass is 142 g/mol. The van der Waals surface area contributed by atoms with E-state index in [1.165, 1.54) is 0 Å². The molecule has 0 unspecified atom stereocenters. The van der Waals surface area contributed by atoms with Crippen LogP contribution in [0.15, 0.2) is 10.7 Å². The van der Waals surface area contributed by atoms with Gasteiger partial charge in [-0.3, -0.25) is 0 Å². The van der Waals surface area contributed by atoms with Gasteiger partial charge in [-0.2, -0.15) is 0 Å². The van der Waals surface area contributed by atoms with Crippen molar-refractivity contribution in [2.24, 2.45) is 0 Å². The van der Waals surface area contributed by atoms with Crippen LogP contribution in [-0.4, -0.2) is 11.1 Å². The zero-order chi connectivity index (χ0) is 7.72. The molecule has 0 amide bonds. The molecule has 0 aliphatic carbocycles. The van der Waals surface area contributed by atoms with E-state index in [0.29, 0.717) is 0 Å². The van der Waals surface area contributed by atoms with Gasteiger partial charge in [0.05, 0.1) is 0 Å². The zero-order valence-electron chi connectivity index (χ0n) is 5.00. The summed E-state index contributed by atoms with van der Waals surface area (Å²) in [6.45, 7) is 0. The molecule has 0 aliphatic rings. The minimum absolute atomic E-state index is 0.0208. The van der Waals surface area contributed by atoms with E-state index < -0.39 is 5.97 Å². The molecule has 10 heavy (non-hydrogen) atoms. The highest BCUT2D eigenvalue weighted by Gasteiger charge is 2.13. The molecule has 5 heteroatoms. The molecule has 0 atom stereocenters. The number of hydrogen-bond acceptors (Lipinski definition) is 4. The minimum atomic E-state index is -1.14. The number of nitrogens with two attached hydrogens (primary N) is 2. The van der Waals surface area contributed by atoms with Crippen molar-refractivity contribution < 1.29 is 14.3 Å². The van der Waals surface area contributed by atoms with Gasteiger partial charge in [-0.1, -0.05) is 0 Å². The van der Waals surface area contributed by atoms with Gasteiger partial charge in [-0.05, 0) is 0 Å². The van der Waals surface area contributed by atoms with Gasteiger partial charge < -0.3 is 21.0 Å². The summed E-state index contributed by atoms with van der Waals surface area (Å²) in [7, 11) is 0. The maximum absolute atomic E-state index is 10.2. The molecule has 5 N–H and O–H groups in total.